The molecule has 17 heavy (non-hydrogen) atoms. The van der Waals surface area contributed by atoms with E-state index in [0.29, 0.717) is 6.04 Å². The topological polar surface area (TPSA) is 35.7 Å². The summed E-state index contributed by atoms with van der Waals surface area (Å²) in [5.74, 6) is 0. The quantitative estimate of drug-likeness (QED) is 0.721. The molecule has 3 heterocycles. The van der Waals surface area contributed by atoms with Gasteiger partial charge in [0.2, 0.25) is 0 Å². The van der Waals surface area contributed by atoms with Crippen LogP contribution in [-0.4, -0.2) is 66.3 Å². The van der Waals surface area contributed by atoms with Crippen molar-refractivity contribution in [2.45, 2.75) is 50.2 Å². The number of nitrogens with two attached hydrogens (primary N) is 1. The number of fused-ring (bicyclic) bond motifs is 2. The molecule has 3 fully saturated rings. The van der Waals surface area contributed by atoms with Crippen molar-refractivity contribution < 1.29 is 0 Å². The maximum Gasteiger partial charge on any atom is 0.0263 e. The molecular weight excluding hydrogens is 212 g/mol. The van der Waals surface area contributed by atoms with Gasteiger partial charge in [-0.15, -0.1) is 0 Å². The van der Waals surface area contributed by atoms with Crippen molar-refractivity contribution in [1.82, 2.24) is 14.9 Å². The van der Waals surface area contributed by atoms with Crippen LogP contribution in [0.15, 0.2) is 0 Å². The van der Waals surface area contributed by atoms with Gasteiger partial charge in [0.05, 0.1) is 0 Å². The van der Waals surface area contributed by atoms with E-state index in [2.05, 4.69) is 22.0 Å². The number of piperidine rings is 2. The number of likely N-dealkylation sites (N-methyl/N-ethyl adjacent to an activating group) is 1. The van der Waals surface area contributed by atoms with Crippen molar-refractivity contribution >= 4 is 0 Å². The minimum atomic E-state index is 0.453. The van der Waals surface area contributed by atoms with Gasteiger partial charge in [0.15, 0.2) is 0 Å². The zero-order valence-corrected chi connectivity index (χ0v) is 11.0. The SMILES string of the molecule is CN1CCN(N2C3CCCC2CC(N)C3)CC1. The zero-order chi connectivity index (χ0) is 11.8. The van der Waals surface area contributed by atoms with Crippen molar-refractivity contribution in [3.63, 3.8) is 0 Å². The fourth-order valence-corrected chi connectivity index (χ4v) is 3.89. The minimum absolute atomic E-state index is 0.453. The summed E-state index contributed by atoms with van der Waals surface area (Å²) < 4.78 is 0. The van der Waals surface area contributed by atoms with Gasteiger partial charge in [-0.3, -0.25) is 0 Å². The van der Waals surface area contributed by atoms with Crippen molar-refractivity contribution in [2.75, 3.05) is 33.2 Å². The predicted molar refractivity (Wildman–Crippen MR) is 69.5 cm³/mol. The first kappa shape index (κ1) is 11.9. The van der Waals surface area contributed by atoms with Crippen LogP contribution in [0.3, 0.4) is 0 Å². The molecule has 2 bridgehead atoms. The molecule has 0 aromatic carbocycles. The number of nitrogens with zero attached hydrogens (tertiary/aromatic N) is 3. The van der Waals surface area contributed by atoms with E-state index in [9.17, 15) is 0 Å². The third kappa shape index (κ3) is 2.36. The zero-order valence-electron chi connectivity index (χ0n) is 11.0. The van der Waals surface area contributed by atoms with Crippen LogP contribution < -0.4 is 5.73 Å². The van der Waals surface area contributed by atoms with Gasteiger partial charge in [-0.1, -0.05) is 6.42 Å². The molecule has 0 aromatic rings. The van der Waals surface area contributed by atoms with E-state index in [1.54, 1.807) is 0 Å². The first-order chi connectivity index (χ1) is 8.24. The number of hydrazine groups is 1. The van der Waals surface area contributed by atoms with E-state index in [1.165, 1.54) is 58.3 Å². The van der Waals surface area contributed by atoms with E-state index in [1.807, 2.05) is 0 Å². The third-order valence-corrected chi connectivity index (χ3v) is 4.78. The van der Waals surface area contributed by atoms with Crippen LogP contribution in [0.5, 0.6) is 0 Å². The van der Waals surface area contributed by atoms with Crippen molar-refractivity contribution in [2.24, 2.45) is 5.73 Å². The largest absolute Gasteiger partial charge is 0.328 e. The molecule has 4 nitrogen and oxygen atoms in total. The van der Waals surface area contributed by atoms with Crippen molar-refractivity contribution in [3.8, 4) is 0 Å². The average molecular weight is 238 g/mol. The molecule has 3 aliphatic heterocycles. The fourth-order valence-electron chi connectivity index (χ4n) is 3.89. The number of piperazine rings is 1. The van der Waals surface area contributed by atoms with Crippen LogP contribution in [-0.2, 0) is 0 Å². The van der Waals surface area contributed by atoms with Crippen molar-refractivity contribution in [3.05, 3.63) is 0 Å². The minimum Gasteiger partial charge on any atom is -0.328 e. The maximum atomic E-state index is 6.19. The lowest BCUT2D eigenvalue weighted by molar-refractivity contribution is -0.150. The average Bonchev–Trinajstić information content (AvgIpc) is 2.29. The summed E-state index contributed by atoms with van der Waals surface area (Å²) in [7, 11) is 2.23. The summed E-state index contributed by atoms with van der Waals surface area (Å²) in [6.45, 7) is 4.83. The van der Waals surface area contributed by atoms with E-state index in [-0.39, 0.29) is 0 Å². The van der Waals surface area contributed by atoms with Gasteiger partial charge in [-0.25, -0.2) is 10.0 Å². The van der Waals surface area contributed by atoms with Crippen LogP contribution in [0.1, 0.15) is 32.1 Å². The number of rotatable bonds is 1. The molecule has 0 radical (unpaired) electrons. The Labute approximate surface area is 105 Å². The molecule has 3 saturated heterocycles. The summed E-state index contributed by atoms with van der Waals surface area (Å²) >= 11 is 0. The van der Waals surface area contributed by atoms with E-state index in [4.69, 9.17) is 5.73 Å². The predicted octanol–water partition coefficient (Wildman–Crippen LogP) is 0.493. The molecular formula is C13H26N4. The summed E-state index contributed by atoms with van der Waals surface area (Å²) in [6, 6.07) is 1.93. The molecule has 4 heteroatoms. The normalized spacial score (nSPS) is 41.6. The van der Waals surface area contributed by atoms with Crippen LogP contribution in [0.4, 0.5) is 0 Å². The Kier molecular flexibility index (Phi) is 3.39. The smallest absolute Gasteiger partial charge is 0.0263 e. The summed E-state index contributed by atoms with van der Waals surface area (Å²) in [5.41, 5.74) is 6.19. The van der Waals surface area contributed by atoms with E-state index < -0.39 is 0 Å². The Morgan fingerprint density at radius 3 is 2.12 bits per heavy atom. The molecule has 98 valence electrons. The van der Waals surface area contributed by atoms with Gasteiger partial charge in [-0.2, -0.15) is 0 Å². The van der Waals surface area contributed by atoms with Gasteiger partial charge in [0.25, 0.3) is 0 Å². The molecule has 3 aliphatic rings. The third-order valence-electron chi connectivity index (χ3n) is 4.78. The summed E-state index contributed by atoms with van der Waals surface area (Å²) in [6.07, 6.45) is 6.55. The highest BCUT2D eigenvalue weighted by atomic mass is 15.7. The lowest BCUT2D eigenvalue weighted by Crippen LogP contribution is -2.64. The van der Waals surface area contributed by atoms with Gasteiger partial charge in [0, 0.05) is 44.3 Å². The molecule has 0 saturated carbocycles. The standard InChI is InChI=1S/C13H26N4/c1-15-5-7-16(8-6-15)17-12-3-2-4-13(17)10-11(14)9-12/h11-13H,2-10,14H2,1H3. The van der Waals surface area contributed by atoms with Gasteiger partial charge < -0.3 is 10.6 Å². The second kappa shape index (κ2) is 4.84. The first-order valence-electron chi connectivity index (χ1n) is 7.21. The van der Waals surface area contributed by atoms with E-state index in [0.717, 1.165) is 12.1 Å². The Morgan fingerprint density at radius 1 is 0.941 bits per heavy atom. The molecule has 3 rings (SSSR count). The van der Waals surface area contributed by atoms with Crippen molar-refractivity contribution in [1.29, 1.82) is 0 Å². The van der Waals surface area contributed by atoms with Gasteiger partial charge >= 0.3 is 0 Å². The Balaban J connectivity index is 1.69. The molecule has 2 N–H and O–H groups in total. The monoisotopic (exact) mass is 238 g/mol. The summed E-state index contributed by atoms with van der Waals surface area (Å²) in [5, 5.41) is 5.35. The van der Waals surface area contributed by atoms with E-state index >= 15 is 0 Å². The molecule has 0 amide bonds. The van der Waals surface area contributed by atoms with Crippen LogP contribution in [0.25, 0.3) is 0 Å². The van der Waals surface area contributed by atoms with Crippen LogP contribution in [0.2, 0.25) is 0 Å². The Hall–Kier alpha value is -0.160. The highest BCUT2D eigenvalue weighted by Gasteiger charge is 2.40. The molecule has 0 aliphatic carbocycles. The lowest BCUT2D eigenvalue weighted by atomic mass is 9.83. The molecule has 2 atom stereocenters. The Morgan fingerprint density at radius 2 is 1.53 bits per heavy atom. The molecule has 0 aromatic heterocycles. The first-order valence-corrected chi connectivity index (χ1v) is 7.21. The summed E-state index contributed by atoms with van der Waals surface area (Å²) in [4.78, 5) is 2.43. The second-order valence-corrected chi connectivity index (χ2v) is 6.11. The van der Waals surface area contributed by atoms with Gasteiger partial charge in [-0.05, 0) is 32.7 Å². The maximum absolute atomic E-state index is 6.19. The lowest BCUT2D eigenvalue weighted by Gasteiger charge is -2.54. The highest BCUT2D eigenvalue weighted by Crippen LogP contribution is 2.34. The van der Waals surface area contributed by atoms with Crippen LogP contribution in [0, 0.1) is 0 Å². The Bertz CT molecular complexity index is 248. The molecule has 0 spiro atoms. The van der Waals surface area contributed by atoms with Crippen LogP contribution >= 0.6 is 0 Å². The van der Waals surface area contributed by atoms with Gasteiger partial charge in [0.1, 0.15) is 0 Å². The molecule has 2 unspecified atom stereocenters. The highest BCUT2D eigenvalue weighted by molar-refractivity contribution is 4.93. The number of hydrogen-bond acceptors (Lipinski definition) is 4. The number of hydrogen-bond donors (Lipinski definition) is 1. The fraction of sp³-hybridized carbons (Fsp3) is 1.00. The second-order valence-electron chi connectivity index (χ2n) is 6.11.